The summed E-state index contributed by atoms with van der Waals surface area (Å²) in [6.07, 6.45) is 10.5. The van der Waals surface area contributed by atoms with E-state index in [0.29, 0.717) is 17.8 Å². The zero-order valence-corrected chi connectivity index (χ0v) is 23.7. The van der Waals surface area contributed by atoms with Crippen molar-refractivity contribution in [2.24, 2.45) is 17.8 Å². The van der Waals surface area contributed by atoms with Crippen LogP contribution in [0.25, 0.3) is 0 Å². The van der Waals surface area contributed by atoms with Crippen molar-refractivity contribution in [3.63, 3.8) is 0 Å². The van der Waals surface area contributed by atoms with Crippen LogP contribution in [-0.2, 0) is 12.8 Å². The summed E-state index contributed by atoms with van der Waals surface area (Å²) in [4.78, 5) is 0. The molecule has 0 amide bonds. The molecule has 0 saturated heterocycles. The van der Waals surface area contributed by atoms with E-state index in [1.54, 1.807) is 7.11 Å². The van der Waals surface area contributed by atoms with Crippen molar-refractivity contribution in [1.82, 2.24) is 10.6 Å². The van der Waals surface area contributed by atoms with Gasteiger partial charge in [0, 0.05) is 17.9 Å². The average Bonchev–Trinajstić information content (AvgIpc) is 2.89. The molecule has 0 aliphatic heterocycles. The summed E-state index contributed by atoms with van der Waals surface area (Å²) >= 11 is 0. The second-order valence-corrected chi connectivity index (χ2v) is 10.5. The van der Waals surface area contributed by atoms with Gasteiger partial charge in [-0.25, -0.2) is 0 Å². The summed E-state index contributed by atoms with van der Waals surface area (Å²) < 4.78 is 5.43. The van der Waals surface area contributed by atoms with Crippen molar-refractivity contribution < 1.29 is 4.74 Å². The van der Waals surface area contributed by atoms with Gasteiger partial charge in [0.15, 0.2) is 0 Å². The van der Waals surface area contributed by atoms with E-state index >= 15 is 0 Å². The molecular formula is C34H48N2O. The molecule has 0 aliphatic rings. The van der Waals surface area contributed by atoms with Gasteiger partial charge in [0.2, 0.25) is 0 Å². The second-order valence-electron chi connectivity index (χ2n) is 10.5. The van der Waals surface area contributed by atoms with Gasteiger partial charge in [-0.15, -0.1) is 6.58 Å². The van der Waals surface area contributed by atoms with E-state index in [4.69, 9.17) is 4.74 Å². The fourth-order valence-corrected chi connectivity index (χ4v) is 4.39. The van der Waals surface area contributed by atoms with Gasteiger partial charge < -0.3 is 15.4 Å². The molecular weight excluding hydrogens is 452 g/mol. The highest BCUT2D eigenvalue weighted by atomic mass is 16.5. The summed E-state index contributed by atoms with van der Waals surface area (Å²) in [5.74, 6) is 2.59. The first-order valence-electron chi connectivity index (χ1n) is 13.6. The van der Waals surface area contributed by atoms with Crippen molar-refractivity contribution >= 4 is 0 Å². The quantitative estimate of drug-likeness (QED) is 0.172. The lowest BCUT2D eigenvalue weighted by Crippen LogP contribution is -2.38. The minimum atomic E-state index is 0.0202. The van der Waals surface area contributed by atoms with Crippen LogP contribution in [0.3, 0.4) is 0 Å². The molecule has 4 atom stereocenters. The Morgan fingerprint density at radius 3 is 2.35 bits per heavy atom. The molecule has 0 fully saturated rings. The smallest absolute Gasteiger partial charge is 0.121 e. The molecule has 0 radical (unpaired) electrons. The van der Waals surface area contributed by atoms with Gasteiger partial charge in [-0.2, -0.15) is 0 Å². The Balaban J connectivity index is 1.93. The molecule has 3 heteroatoms. The Hall–Kier alpha value is -3.20. The molecule has 3 nitrogen and oxygen atoms in total. The number of ether oxygens (including phenoxy) is 1. The van der Waals surface area contributed by atoms with E-state index in [-0.39, 0.29) is 6.04 Å². The molecule has 0 aromatic heterocycles. The topological polar surface area (TPSA) is 33.3 Å². The van der Waals surface area contributed by atoms with Crippen LogP contribution in [0, 0.1) is 24.7 Å². The summed E-state index contributed by atoms with van der Waals surface area (Å²) in [5.41, 5.74) is 5.64. The van der Waals surface area contributed by atoms with Gasteiger partial charge in [-0.3, -0.25) is 0 Å². The maximum Gasteiger partial charge on any atom is 0.121 e. The third-order valence-electron chi connectivity index (χ3n) is 7.21. The van der Waals surface area contributed by atoms with E-state index in [0.717, 1.165) is 48.5 Å². The predicted molar refractivity (Wildman–Crippen MR) is 161 cm³/mol. The van der Waals surface area contributed by atoms with Gasteiger partial charge in [0.25, 0.3) is 0 Å². The van der Waals surface area contributed by atoms with Crippen molar-refractivity contribution in [2.45, 2.75) is 59.4 Å². The standard InChI is InChI=1S/C34H48N2O/c1-9-25(2)24-35-30(7)33(23-32-19-20-34(37-8)28(5)22-32)36-29(6)16-14-13-15-26(3)27(4)21-31-17-11-10-12-18-31/h9-12,14,16-20,22,25-27,33,35-36H,1,6-7,13,15,21,23-24H2,2-5,8H3/b16-14+/t25-,26?,27?,33+/m0/s1. The zero-order valence-electron chi connectivity index (χ0n) is 23.7. The molecule has 2 aromatic rings. The number of methoxy groups -OCH3 is 1. The number of benzene rings is 2. The Morgan fingerprint density at radius 2 is 1.70 bits per heavy atom. The minimum absolute atomic E-state index is 0.0202. The number of rotatable bonds is 17. The molecule has 2 unspecified atom stereocenters. The van der Waals surface area contributed by atoms with E-state index in [1.807, 2.05) is 12.1 Å². The first kappa shape index (κ1) is 30.0. The number of hydrogen-bond donors (Lipinski definition) is 2. The Labute approximate surface area is 226 Å². The summed E-state index contributed by atoms with van der Waals surface area (Å²) in [6, 6.07) is 17.1. The Bertz CT molecular complexity index is 1020. The molecule has 0 spiro atoms. The van der Waals surface area contributed by atoms with Gasteiger partial charge in [0.05, 0.1) is 13.2 Å². The van der Waals surface area contributed by atoms with Gasteiger partial charge in [-0.1, -0.05) is 88.5 Å². The van der Waals surface area contributed by atoms with Gasteiger partial charge in [0.1, 0.15) is 5.75 Å². The third kappa shape index (κ3) is 10.8. The van der Waals surface area contributed by atoms with Crippen LogP contribution < -0.4 is 15.4 Å². The lowest BCUT2D eigenvalue weighted by molar-refractivity contribution is 0.365. The van der Waals surface area contributed by atoms with Crippen molar-refractivity contribution in [3.8, 4) is 5.75 Å². The summed E-state index contributed by atoms with van der Waals surface area (Å²) in [6.45, 7) is 22.3. The highest BCUT2D eigenvalue weighted by Gasteiger charge is 2.15. The highest BCUT2D eigenvalue weighted by molar-refractivity contribution is 5.37. The molecule has 2 aromatic carbocycles. The Kier molecular flexibility index (Phi) is 12.8. The molecule has 0 bridgehead atoms. The first-order chi connectivity index (χ1) is 17.7. The Morgan fingerprint density at radius 1 is 0.973 bits per heavy atom. The maximum atomic E-state index is 5.43. The van der Waals surface area contributed by atoms with Crippen molar-refractivity contribution in [2.75, 3.05) is 13.7 Å². The largest absolute Gasteiger partial charge is 0.496 e. The van der Waals surface area contributed by atoms with E-state index < -0.39 is 0 Å². The normalized spacial score (nSPS) is 14.4. The zero-order chi connectivity index (χ0) is 27.2. The molecule has 200 valence electrons. The van der Waals surface area contributed by atoms with Gasteiger partial charge in [-0.05, 0) is 79.2 Å². The molecule has 0 saturated carbocycles. The van der Waals surface area contributed by atoms with Crippen molar-refractivity contribution in [1.29, 1.82) is 0 Å². The molecule has 2 rings (SSSR count). The fraction of sp³-hybridized carbons (Fsp3) is 0.412. The van der Waals surface area contributed by atoms with Crippen LogP contribution >= 0.6 is 0 Å². The third-order valence-corrected chi connectivity index (χ3v) is 7.21. The van der Waals surface area contributed by atoms with Crippen LogP contribution in [0.1, 0.15) is 50.3 Å². The molecule has 2 N–H and O–H groups in total. The van der Waals surface area contributed by atoms with Crippen molar-refractivity contribution in [3.05, 3.63) is 115 Å². The SMILES string of the molecule is C=C[C@H](C)CNC(=C)[C@@H](Cc1ccc(OC)c(C)c1)NC(=C)/C=C/CCC(C)C(C)Cc1ccccc1. The second kappa shape index (κ2) is 15.8. The lowest BCUT2D eigenvalue weighted by atomic mass is 9.86. The molecule has 0 aliphatic carbocycles. The number of aryl methyl sites for hydroxylation is 1. The van der Waals surface area contributed by atoms with Crippen LogP contribution in [-0.4, -0.2) is 19.7 Å². The van der Waals surface area contributed by atoms with Crippen LogP contribution in [0.5, 0.6) is 5.75 Å². The monoisotopic (exact) mass is 500 g/mol. The molecule has 37 heavy (non-hydrogen) atoms. The van der Waals surface area contributed by atoms with E-state index in [2.05, 4.69) is 113 Å². The summed E-state index contributed by atoms with van der Waals surface area (Å²) in [7, 11) is 1.71. The average molecular weight is 501 g/mol. The fourth-order valence-electron chi connectivity index (χ4n) is 4.39. The van der Waals surface area contributed by atoms with Gasteiger partial charge >= 0.3 is 0 Å². The van der Waals surface area contributed by atoms with E-state index in [9.17, 15) is 0 Å². The van der Waals surface area contributed by atoms with Crippen LogP contribution in [0.4, 0.5) is 0 Å². The minimum Gasteiger partial charge on any atom is -0.496 e. The molecule has 0 heterocycles. The number of nitrogens with one attached hydrogen (secondary N) is 2. The predicted octanol–water partition coefficient (Wildman–Crippen LogP) is 7.79. The van der Waals surface area contributed by atoms with E-state index in [1.165, 1.54) is 17.5 Å². The highest BCUT2D eigenvalue weighted by Crippen LogP contribution is 2.22. The first-order valence-corrected chi connectivity index (χ1v) is 13.6. The summed E-state index contributed by atoms with van der Waals surface area (Å²) in [5, 5.41) is 7.09. The van der Waals surface area contributed by atoms with Crippen LogP contribution in [0.2, 0.25) is 0 Å². The number of hydrogen-bond acceptors (Lipinski definition) is 3. The lowest BCUT2D eigenvalue weighted by Gasteiger charge is -2.25. The maximum absolute atomic E-state index is 5.43. The number of allylic oxidation sites excluding steroid dienone is 2. The van der Waals surface area contributed by atoms with Crippen LogP contribution in [0.15, 0.2) is 97.9 Å².